The topological polar surface area (TPSA) is 61.9 Å². The summed E-state index contributed by atoms with van der Waals surface area (Å²) >= 11 is 0. The number of nitrogens with one attached hydrogen (secondary N) is 1. The summed E-state index contributed by atoms with van der Waals surface area (Å²) in [5.41, 5.74) is 1.34. The maximum absolute atomic E-state index is 12.5. The number of rotatable bonds is 8. The summed E-state index contributed by atoms with van der Waals surface area (Å²) in [5.74, 6) is 0.582. The average molecular weight is 361 g/mol. The molecule has 1 aromatic rings. The van der Waals surface area contributed by atoms with Crippen molar-refractivity contribution in [1.82, 2.24) is 15.1 Å². The van der Waals surface area contributed by atoms with Crippen molar-refractivity contribution in [2.24, 2.45) is 0 Å². The fraction of sp³-hybridized carbons (Fsp3) is 0.600. The summed E-state index contributed by atoms with van der Waals surface area (Å²) in [4.78, 5) is 28.9. The molecule has 1 unspecified atom stereocenters. The van der Waals surface area contributed by atoms with Crippen molar-refractivity contribution in [2.45, 2.75) is 32.7 Å². The molecule has 0 spiro atoms. The predicted molar refractivity (Wildman–Crippen MR) is 103 cm³/mol. The van der Waals surface area contributed by atoms with E-state index in [2.05, 4.69) is 29.1 Å². The Morgan fingerprint density at radius 1 is 1.23 bits per heavy atom. The molecule has 6 nitrogen and oxygen atoms in total. The van der Waals surface area contributed by atoms with Crippen LogP contribution >= 0.6 is 0 Å². The van der Waals surface area contributed by atoms with Gasteiger partial charge in [-0.1, -0.05) is 6.92 Å². The number of piperazine rings is 1. The number of hydrogen-bond donors (Lipinski definition) is 1. The standard InChI is InChI=1S/C20H31N3O3/c1-5-18(14-23-10-8-22(3)9-11-23)21-20(25)13-17-12-16(15(2)24)6-7-19(17)26-4/h6-7,12,18H,5,8-11,13-14H2,1-4H3,(H,21,25). The van der Waals surface area contributed by atoms with E-state index in [1.165, 1.54) is 6.92 Å². The highest BCUT2D eigenvalue weighted by Gasteiger charge is 2.19. The molecule has 6 heteroatoms. The molecule has 0 radical (unpaired) electrons. The van der Waals surface area contributed by atoms with Crippen LogP contribution in [0, 0.1) is 0 Å². The predicted octanol–water partition coefficient (Wildman–Crippen LogP) is 1.58. The lowest BCUT2D eigenvalue weighted by molar-refractivity contribution is -0.121. The fourth-order valence-corrected chi connectivity index (χ4v) is 3.21. The van der Waals surface area contributed by atoms with E-state index >= 15 is 0 Å². The Hall–Kier alpha value is -1.92. The number of carbonyl (C=O) groups is 2. The second kappa shape index (κ2) is 9.69. The first-order valence-electron chi connectivity index (χ1n) is 9.31. The first-order valence-corrected chi connectivity index (χ1v) is 9.31. The van der Waals surface area contributed by atoms with E-state index in [9.17, 15) is 9.59 Å². The summed E-state index contributed by atoms with van der Waals surface area (Å²) in [7, 11) is 3.71. The SMILES string of the molecule is CCC(CN1CCN(C)CC1)NC(=O)Cc1cc(C(C)=O)ccc1OC. The van der Waals surface area contributed by atoms with Crippen LogP contribution in [0.4, 0.5) is 0 Å². The molecule has 2 rings (SSSR count). The molecule has 1 N–H and O–H groups in total. The van der Waals surface area contributed by atoms with Crippen molar-refractivity contribution in [3.05, 3.63) is 29.3 Å². The first-order chi connectivity index (χ1) is 12.4. The number of methoxy groups -OCH3 is 1. The Kier molecular flexibility index (Phi) is 7.60. The van der Waals surface area contributed by atoms with Gasteiger partial charge in [-0.2, -0.15) is 0 Å². The number of carbonyl (C=O) groups excluding carboxylic acids is 2. The van der Waals surface area contributed by atoms with Crippen LogP contribution in [-0.4, -0.2) is 74.4 Å². The van der Waals surface area contributed by atoms with Crippen molar-refractivity contribution >= 4 is 11.7 Å². The molecule has 26 heavy (non-hydrogen) atoms. The molecular formula is C20H31N3O3. The Morgan fingerprint density at radius 3 is 2.50 bits per heavy atom. The average Bonchev–Trinajstić information content (AvgIpc) is 2.62. The zero-order valence-corrected chi connectivity index (χ0v) is 16.4. The van der Waals surface area contributed by atoms with Crippen LogP contribution in [0.25, 0.3) is 0 Å². The molecule has 1 fully saturated rings. The van der Waals surface area contributed by atoms with E-state index in [1.54, 1.807) is 25.3 Å². The molecule has 0 saturated carbocycles. The monoisotopic (exact) mass is 361 g/mol. The number of likely N-dealkylation sites (N-methyl/N-ethyl adjacent to an activating group) is 1. The van der Waals surface area contributed by atoms with Crippen molar-refractivity contribution in [3.63, 3.8) is 0 Å². The number of ether oxygens (including phenoxy) is 1. The number of benzene rings is 1. The van der Waals surface area contributed by atoms with Crippen LogP contribution in [0.15, 0.2) is 18.2 Å². The fourth-order valence-electron chi connectivity index (χ4n) is 3.21. The molecule has 0 aromatic heterocycles. The molecule has 1 atom stereocenters. The molecule has 144 valence electrons. The minimum atomic E-state index is -0.0371. The van der Waals surface area contributed by atoms with Gasteiger partial charge in [-0.25, -0.2) is 0 Å². The number of amides is 1. The first kappa shape index (κ1) is 20.4. The van der Waals surface area contributed by atoms with Crippen LogP contribution in [0.2, 0.25) is 0 Å². The maximum atomic E-state index is 12.5. The van der Waals surface area contributed by atoms with Crippen LogP contribution < -0.4 is 10.1 Å². The van der Waals surface area contributed by atoms with Gasteiger partial charge >= 0.3 is 0 Å². The van der Waals surface area contributed by atoms with Gasteiger partial charge in [0.2, 0.25) is 5.91 Å². The molecule has 1 heterocycles. The number of Topliss-reactive ketones (excluding diaryl/α,β-unsaturated/α-hetero) is 1. The molecule has 1 aliphatic rings. The number of nitrogens with zero attached hydrogens (tertiary/aromatic N) is 2. The van der Waals surface area contributed by atoms with Gasteiger partial charge < -0.3 is 15.0 Å². The summed E-state index contributed by atoms with van der Waals surface area (Å²) in [6, 6.07) is 5.36. The van der Waals surface area contributed by atoms with E-state index in [0.29, 0.717) is 11.3 Å². The summed E-state index contributed by atoms with van der Waals surface area (Å²) < 4.78 is 5.34. The Bertz CT molecular complexity index is 625. The largest absolute Gasteiger partial charge is 0.496 e. The van der Waals surface area contributed by atoms with Crippen LogP contribution in [0.3, 0.4) is 0 Å². The van der Waals surface area contributed by atoms with Gasteiger partial charge in [0.1, 0.15) is 5.75 Å². The van der Waals surface area contributed by atoms with E-state index < -0.39 is 0 Å². The molecule has 0 bridgehead atoms. The van der Waals surface area contributed by atoms with E-state index in [-0.39, 0.29) is 24.2 Å². The highest BCUT2D eigenvalue weighted by atomic mass is 16.5. The van der Waals surface area contributed by atoms with Gasteiger partial charge in [0.05, 0.1) is 13.5 Å². The highest BCUT2D eigenvalue weighted by molar-refractivity contribution is 5.94. The lowest BCUT2D eigenvalue weighted by Gasteiger charge is -2.34. The van der Waals surface area contributed by atoms with Gasteiger partial charge in [-0.3, -0.25) is 14.5 Å². The lowest BCUT2D eigenvalue weighted by Crippen LogP contribution is -2.50. The van der Waals surface area contributed by atoms with Gasteiger partial charge in [0.15, 0.2) is 5.78 Å². The van der Waals surface area contributed by atoms with Gasteiger partial charge in [-0.15, -0.1) is 0 Å². The third-order valence-corrected chi connectivity index (χ3v) is 4.97. The summed E-state index contributed by atoms with van der Waals surface area (Å²) in [6.45, 7) is 8.71. The third kappa shape index (κ3) is 5.81. The minimum absolute atomic E-state index is 0.0178. The highest BCUT2D eigenvalue weighted by Crippen LogP contribution is 2.21. The van der Waals surface area contributed by atoms with E-state index in [1.807, 2.05) is 0 Å². The minimum Gasteiger partial charge on any atom is -0.496 e. The number of ketones is 1. The smallest absolute Gasteiger partial charge is 0.224 e. The van der Waals surface area contributed by atoms with Crippen molar-refractivity contribution < 1.29 is 14.3 Å². The van der Waals surface area contributed by atoms with Gasteiger partial charge in [0, 0.05) is 49.9 Å². The molecule has 1 amide bonds. The zero-order chi connectivity index (χ0) is 19.1. The Balaban J connectivity index is 1.95. The number of hydrogen-bond acceptors (Lipinski definition) is 5. The molecule has 1 aliphatic heterocycles. The van der Waals surface area contributed by atoms with Gasteiger partial charge in [0.25, 0.3) is 0 Å². The Morgan fingerprint density at radius 2 is 1.92 bits per heavy atom. The van der Waals surface area contributed by atoms with Crippen LogP contribution in [0.1, 0.15) is 36.2 Å². The van der Waals surface area contributed by atoms with E-state index in [4.69, 9.17) is 4.74 Å². The Labute approximate surface area is 156 Å². The van der Waals surface area contributed by atoms with Crippen LogP contribution in [0.5, 0.6) is 5.75 Å². The summed E-state index contributed by atoms with van der Waals surface area (Å²) in [5, 5.41) is 3.14. The molecule has 0 aliphatic carbocycles. The van der Waals surface area contributed by atoms with Crippen molar-refractivity contribution in [1.29, 1.82) is 0 Å². The second-order valence-electron chi connectivity index (χ2n) is 7.04. The lowest BCUT2D eigenvalue weighted by atomic mass is 10.0. The van der Waals surface area contributed by atoms with Crippen LogP contribution in [-0.2, 0) is 11.2 Å². The van der Waals surface area contributed by atoms with Crippen molar-refractivity contribution in [3.8, 4) is 5.75 Å². The van der Waals surface area contributed by atoms with E-state index in [0.717, 1.165) is 44.7 Å². The van der Waals surface area contributed by atoms with Crippen molar-refractivity contribution in [2.75, 3.05) is 46.9 Å². The normalized spacial score (nSPS) is 16.9. The third-order valence-electron chi connectivity index (χ3n) is 4.97. The molecular weight excluding hydrogens is 330 g/mol. The zero-order valence-electron chi connectivity index (χ0n) is 16.4. The maximum Gasteiger partial charge on any atom is 0.224 e. The second-order valence-corrected chi connectivity index (χ2v) is 7.04. The molecule has 1 aromatic carbocycles. The molecule has 1 saturated heterocycles. The quantitative estimate of drug-likeness (QED) is 0.713. The summed E-state index contributed by atoms with van der Waals surface area (Å²) in [6.07, 6.45) is 1.10. The van der Waals surface area contributed by atoms with Gasteiger partial charge in [-0.05, 0) is 38.6 Å².